The molecule has 1 saturated heterocycles. The number of alkyl halides is 3. The van der Waals surface area contributed by atoms with Crippen molar-refractivity contribution in [2.75, 3.05) is 26.2 Å². The lowest BCUT2D eigenvalue weighted by Crippen LogP contribution is -2.45. The number of hydrogen-bond acceptors (Lipinski definition) is 3. The molecule has 0 bridgehead atoms. The van der Waals surface area contributed by atoms with Crippen LogP contribution in [-0.2, 0) is 12.8 Å². The molecule has 1 N–H and O–H groups in total. The zero-order chi connectivity index (χ0) is 21.7. The van der Waals surface area contributed by atoms with Crippen LogP contribution in [0.15, 0.2) is 78.9 Å². The average molecular weight is 426 g/mol. The number of nitrogens with one attached hydrogen (secondary N) is 1. The second-order valence-electron chi connectivity index (χ2n) is 7.66. The Hall–Kier alpha value is -2.83. The Morgan fingerprint density at radius 3 is 2.23 bits per heavy atom. The standard InChI is InChI=1S/C25H25F3N2O/c26-25(27,28)22-8-4-7-21(17-22)24(30-15-13-29-14-16-30)20-9-11-23(12-10-20)31-18-19-5-2-1-3-6-19/h1-12,17,24,29H,13-16,18H2. The number of hydrogen-bond donors (Lipinski definition) is 1. The third kappa shape index (κ3) is 5.46. The SMILES string of the molecule is FC(F)(F)c1cccc(C(c2ccc(OCc3ccccc3)cc2)N2CCNCC2)c1. The number of piperazine rings is 1. The lowest BCUT2D eigenvalue weighted by molar-refractivity contribution is -0.137. The van der Waals surface area contributed by atoms with Crippen LogP contribution >= 0.6 is 0 Å². The van der Waals surface area contributed by atoms with Gasteiger partial charge in [0.25, 0.3) is 0 Å². The normalized spacial score (nSPS) is 16.1. The zero-order valence-corrected chi connectivity index (χ0v) is 17.1. The monoisotopic (exact) mass is 426 g/mol. The van der Waals surface area contributed by atoms with Crippen molar-refractivity contribution < 1.29 is 17.9 Å². The molecule has 1 unspecified atom stereocenters. The van der Waals surface area contributed by atoms with E-state index < -0.39 is 11.7 Å². The third-order valence-electron chi connectivity index (χ3n) is 5.49. The first kappa shape index (κ1) is 21.4. The van der Waals surface area contributed by atoms with E-state index in [4.69, 9.17) is 4.74 Å². The first-order chi connectivity index (χ1) is 15.0. The molecule has 0 saturated carbocycles. The summed E-state index contributed by atoms with van der Waals surface area (Å²) in [5.41, 5.74) is 2.06. The molecular formula is C25H25F3N2O. The van der Waals surface area contributed by atoms with Gasteiger partial charge in [-0.2, -0.15) is 13.2 Å². The largest absolute Gasteiger partial charge is 0.489 e. The quantitative estimate of drug-likeness (QED) is 0.581. The lowest BCUT2D eigenvalue weighted by Gasteiger charge is -2.36. The van der Waals surface area contributed by atoms with Crippen LogP contribution in [0.1, 0.15) is 28.3 Å². The van der Waals surface area contributed by atoms with Crippen molar-refractivity contribution in [1.29, 1.82) is 0 Å². The van der Waals surface area contributed by atoms with Gasteiger partial charge in [-0.1, -0.05) is 54.6 Å². The molecule has 1 atom stereocenters. The van der Waals surface area contributed by atoms with Gasteiger partial charge < -0.3 is 10.1 Å². The van der Waals surface area contributed by atoms with E-state index in [2.05, 4.69) is 10.2 Å². The molecule has 0 aromatic heterocycles. The van der Waals surface area contributed by atoms with Gasteiger partial charge in [-0.05, 0) is 41.0 Å². The van der Waals surface area contributed by atoms with Crippen molar-refractivity contribution >= 4 is 0 Å². The highest BCUT2D eigenvalue weighted by atomic mass is 19.4. The number of rotatable bonds is 6. The maximum atomic E-state index is 13.3. The second-order valence-corrected chi connectivity index (χ2v) is 7.66. The predicted molar refractivity (Wildman–Crippen MR) is 115 cm³/mol. The van der Waals surface area contributed by atoms with Gasteiger partial charge in [0, 0.05) is 26.2 Å². The van der Waals surface area contributed by atoms with Crippen LogP contribution in [0.5, 0.6) is 5.75 Å². The lowest BCUT2D eigenvalue weighted by atomic mass is 9.95. The molecule has 1 aliphatic rings. The molecule has 0 amide bonds. The summed E-state index contributed by atoms with van der Waals surface area (Å²) < 4.78 is 45.8. The maximum Gasteiger partial charge on any atom is 0.416 e. The van der Waals surface area contributed by atoms with Crippen molar-refractivity contribution in [1.82, 2.24) is 10.2 Å². The fraction of sp³-hybridized carbons (Fsp3) is 0.280. The molecule has 0 aliphatic carbocycles. The van der Waals surface area contributed by atoms with Gasteiger partial charge in [0.2, 0.25) is 0 Å². The first-order valence-corrected chi connectivity index (χ1v) is 10.4. The van der Waals surface area contributed by atoms with E-state index in [0.29, 0.717) is 12.2 Å². The molecule has 162 valence electrons. The smallest absolute Gasteiger partial charge is 0.416 e. The Kier molecular flexibility index (Phi) is 6.59. The number of benzene rings is 3. The number of ether oxygens (including phenoxy) is 1. The summed E-state index contributed by atoms with van der Waals surface area (Å²) in [5, 5.41) is 3.31. The Morgan fingerprint density at radius 2 is 1.55 bits per heavy atom. The van der Waals surface area contributed by atoms with Crippen LogP contribution in [0.3, 0.4) is 0 Å². The highest BCUT2D eigenvalue weighted by Crippen LogP contribution is 2.35. The van der Waals surface area contributed by atoms with Crippen LogP contribution in [0.4, 0.5) is 13.2 Å². The van der Waals surface area contributed by atoms with Gasteiger partial charge in [-0.3, -0.25) is 4.90 Å². The average Bonchev–Trinajstić information content (AvgIpc) is 2.80. The van der Waals surface area contributed by atoms with Gasteiger partial charge >= 0.3 is 6.18 Å². The highest BCUT2D eigenvalue weighted by molar-refractivity contribution is 5.38. The zero-order valence-electron chi connectivity index (χ0n) is 17.1. The number of nitrogens with zero attached hydrogens (tertiary/aromatic N) is 1. The Morgan fingerprint density at radius 1 is 0.839 bits per heavy atom. The molecule has 3 nitrogen and oxygen atoms in total. The number of halogens is 3. The Balaban J connectivity index is 1.58. The molecule has 3 aromatic rings. The molecule has 1 aliphatic heterocycles. The molecule has 1 fully saturated rings. The third-order valence-corrected chi connectivity index (χ3v) is 5.49. The highest BCUT2D eigenvalue weighted by Gasteiger charge is 2.32. The van der Waals surface area contributed by atoms with Crippen molar-refractivity contribution in [3.8, 4) is 5.75 Å². The molecular weight excluding hydrogens is 401 g/mol. The Bertz CT molecular complexity index is 968. The summed E-state index contributed by atoms with van der Waals surface area (Å²) in [7, 11) is 0. The fourth-order valence-corrected chi connectivity index (χ4v) is 3.93. The first-order valence-electron chi connectivity index (χ1n) is 10.4. The summed E-state index contributed by atoms with van der Waals surface area (Å²) in [5.74, 6) is 0.732. The van der Waals surface area contributed by atoms with Crippen LogP contribution in [0, 0.1) is 0 Å². The van der Waals surface area contributed by atoms with Gasteiger partial charge in [-0.15, -0.1) is 0 Å². The summed E-state index contributed by atoms with van der Waals surface area (Å²) in [4.78, 5) is 2.23. The van der Waals surface area contributed by atoms with Crippen molar-refractivity contribution in [3.63, 3.8) is 0 Å². The van der Waals surface area contributed by atoms with Crippen molar-refractivity contribution in [2.24, 2.45) is 0 Å². The maximum absolute atomic E-state index is 13.3. The van der Waals surface area contributed by atoms with Gasteiger partial charge in [0.05, 0.1) is 11.6 Å². The minimum atomic E-state index is -4.36. The topological polar surface area (TPSA) is 24.5 Å². The summed E-state index contributed by atoms with van der Waals surface area (Å²) in [6.45, 7) is 3.64. The van der Waals surface area contributed by atoms with Crippen LogP contribution in [-0.4, -0.2) is 31.1 Å². The molecule has 6 heteroatoms. The van der Waals surface area contributed by atoms with Crippen LogP contribution < -0.4 is 10.1 Å². The van der Waals surface area contributed by atoms with Crippen LogP contribution in [0.2, 0.25) is 0 Å². The van der Waals surface area contributed by atoms with Gasteiger partial charge in [0.1, 0.15) is 12.4 Å². The van der Waals surface area contributed by atoms with E-state index in [1.807, 2.05) is 54.6 Å². The fourth-order valence-electron chi connectivity index (χ4n) is 3.93. The summed E-state index contributed by atoms with van der Waals surface area (Å²) >= 11 is 0. The van der Waals surface area contributed by atoms with Crippen molar-refractivity contribution in [2.45, 2.75) is 18.8 Å². The van der Waals surface area contributed by atoms with E-state index in [-0.39, 0.29) is 6.04 Å². The van der Waals surface area contributed by atoms with E-state index in [1.54, 1.807) is 6.07 Å². The van der Waals surface area contributed by atoms with E-state index >= 15 is 0 Å². The molecule has 3 aromatic carbocycles. The van der Waals surface area contributed by atoms with Crippen molar-refractivity contribution in [3.05, 3.63) is 101 Å². The molecule has 1 heterocycles. The van der Waals surface area contributed by atoms with Gasteiger partial charge in [-0.25, -0.2) is 0 Å². The summed E-state index contributed by atoms with van der Waals surface area (Å²) in [6.07, 6.45) is -4.36. The summed E-state index contributed by atoms with van der Waals surface area (Å²) in [6, 6.07) is 23.0. The van der Waals surface area contributed by atoms with Crippen LogP contribution in [0.25, 0.3) is 0 Å². The Labute approximate surface area is 180 Å². The van der Waals surface area contributed by atoms with E-state index in [9.17, 15) is 13.2 Å². The van der Waals surface area contributed by atoms with E-state index in [1.165, 1.54) is 12.1 Å². The minimum absolute atomic E-state index is 0.243. The second kappa shape index (κ2) is 9.54. The molecule has 31 heavy (non-hydrogen) atoms. The van der Waals surface area contributed by atoms with E-state index in [0.717, 1.165) is 49.1 Å². The minimum Gasteiger partial charge on any atom is -0.489 e. The molecule has 0 spiro atoms. The molecule has 4 rings (SSSR count). The molecule has 0 radical (unpaired) electrons. The predicted octanol–water partition coefficient (Wildman–Crippen LogP) is 5.28. The van der Waals surface area contributed by atoms with Gasteiger partial charge in [0.15, 0.2) is 0 Å².